The number of aldehydes is 1. The average molecular weight is 224 g/mol. The fraction of sp³-hybridized carbons (Fsp3) is 0. The third kappa shape index (κ3) is 2.47. The smallest absolute Gasteiger partial charge is 0.217 e. The van der Waals surface area contributed by atoms with Gasteiger partial charge in [0, 0.05) is 0 Å². The van der Waals surface area contributed by atoms with Crippen LogP contribution in [0, 0.1) is 6.57 Å². The summed E-state index contributed by atoms with van der Waals surface area (Å²) in [6.07, 6.45) is 0.547. The molecule has 17 heavy (non-hydrogen) atoms. The molecule has 0 radical (unpaired) electrons. The Hall–Kier alpha value is -2.67. The summed E-state index contributed by atoms with van der Waals surface area (Å²) in [6.45, 7) is 6.86. The number of pyridine rings is 1. The monoisotopic (exact) mass is 224 g/mol. The van der Waals surface area contributed by atoms with Crippen LogP contribution in [-0.2, 0) is 0 Å². The summed E-state index contributed by atoms with van der Waals surface area (Å²) >= 11 is 0. The minimum Gasteiger partial charge on any atom is -0.439 e. The summed E-state index contributed by atoms with van der Waals surface area (Å²) in [5.74, 6) is 0.929. The van der Waals surface area contributed by atoms with Gasteiger partial charge >= 0.3 is 0 Å². The summed E-state index contributed by atoms with van der Waals surface area (Å²) in [5, 5.41) is 0. The predicted molar refractivity (Wildman–Crippen MR) is 62.4 cm³/mol. The molecule has 0 bridgehead atoms. The van der Waals surface area contributed by atoms with Gasteiger partial charge in [-0.05, 0) is 24.3 Å². The number of aromatic nitrogens is 1. The number of benzene rings is 1. The van der Waals surface area contributed by atoms with Crippen LogP contribution in [0.15, 0.2) is 42.5 Å². The van der Waals surface area contributed by atoms with E-state index in [1.807, 2.05) is 18.2 Å². The fourth-order valence-corrected chi connectivity index (χ4v) is 1.30. The van der Waals surface area contributed by atoms with Gasteiger partial charge in [-0.1, -0.05) is 18.2 Å². The molecule has 2 rings (SSSR count). The van der Waals surface area contributed by atoms with Gasteiger partial charge in [-0.15, -0.1) is 0 Å². The number of hydrogen-bond donors (Lipinski definition) is 0. The average Bonchev–Trinajstić information content (AvgIpc) is 2.40. The van der Waals surface area contributed by atoms with E-state index in [9.17, 15) is 4.79 Å². The standard InChI is InChI=1S/C13H8N2O2/c1-14-11-7-8-13(15-12(11)9-16)17-10-5-3-2-4-6-10/h2-9H. The Kier molecular flexibility index (Phi) is 3.13. The van der Waals surface area contributed by atoms with E-state index < -0.39 is 0 Å². The van der Waals surface area contributed by atoms with Crippen LogP contribution in [0.4, 0.5) is 5.69 Å². The van der Waals surface area contributed by atoms with Gasteiger partial charge in [0.05, 0.1) is 6.57 Å². The molecule has 0 aliphatic heterocycles. The van der Waals surface area contributed by atoms with Crippen molar-refractivity contribution in [3.05, 3.63) is 59.6 Å². The minimum atomic E-state index is 0.0911. The lowest BCUT2D eigenvalue weighted by Gasteiger charge is -2.05. The van der Waals surface area contributed by atoms with Crippen molar-refractivity contribution in [1.82, 2.24) is 4.98 Å². The van der Waals surface area contributed by atoms with Crippen molar-refractivity contribution in [2.75, 3.05) is 0 Å². The molecule has 0 saturated carbocycles. The van der Waals surface area contributed by atoms with Crippen molar-refractivity contribution in [2.24, 2.45) is 0 Å². The van der Waals surface area contributed by atoms with Crippen molar-refractivity contribution in [2.45, 2.75) is 0 Å². The van der Waals surface area contributed by atoms with Crippen LogP contribution in [0.5, 0.6) is 11.6 Å². The molecule has 0 atom stereocenters. The topological polar surface area (TPSA) is 43.5 Å². The molecule has 0 fully saturated rings. The number of para-hydroxylation sites is 1. The molecule has 1 heterocycles. The molecule has 0 aliphatic rings. The fourth-order valence-electron chi connectivity index (χ4n) is 1.30. The summed E-state index contributed by atoms with van der Waals surface area (Å²) < 4.78 is 5.45. The predicted octanol–water partition coefficient (Wildman–Crippen LogP) is 3.24. The number of ether oxygens (including phenoxy) is 1. The van der Waals surface area contributed by atoms with Gasteiger partial charge < -0.3 is 4.74 Å². The molecule has 4 nitrogen and oxygen atoms in total. The Bertz CT molecular complexity index is 574. The molecule has 1 aromatic carbocycles. The first-order valence-electron chi connectivity index (χ1n) is 4.90. The van der Waals surface area contributed by atoms with Crippen LogP contribution < -0.4 is 4.74 Å². The SMILES string of the molecule is [C-]#[N+]c1ccc(Oc2ccccc2)nc1C=O. The highest BCUT2D eigenvalue weighted by Crippen LogP contribution is 2.23. The molecule has 0 unspecified atom stereocenters. The van der Waals surface area contributed by atoms with Gasteiger partial charge in [-0.25, -0.2) is 9.83 Å². The van der Waals surface area contributed by atoms with Crippen LogP contribution in [0.3, 0.4) is 0 Å². The van der Waals surface area contributed by atoms with E-state index in [0.29, 0.717) is 17.9 Å². The summed E-state index contributed by atoms with van der Waals surface area (Å²) in [6, 6.07) is 12.2. The van der Waals surface area contributed by atoms with Gasteiger partial charge in [0.2, 0.25) is 11.6 Å². The van der Waals surface area contributed by atoms with Crippen LogP contribution in [-0.4, -0.2) is 11.3 Å². The van der Waals surface area contributed by atoms with Crippen molar-refractivity contribution >= 4 is 12.0 Å². The summed E-state index contributed by atoms with van der Waals surface area (Å²) in [4.78, 5) is 17.9. The van der Waals surface area contributed by atoms with Crippen molar-refractivity contribution in [3.8, 4) is 11.6 Å². The normalized spacial score (nSPS) is 9.35. The van der Waals surface area contributed by atoms with E-state index in [-0.39, 0.29) is 11.4 Å². The van der Waals surface area contributed by atoms with Crippen LogP contribution >= 0.6 is 0 Å². The van der Waals surface area contributed by atoms with E-state index in [1.165, 1.54) is 6.07 Å². The van der Waals surface area contributed by atoms with E-state index in [2.05, 4.69) is 9.83 Å². The van der Waals surface area contributed by atoms with Crippen molar-refractivity contribution in [1.29, 1.82) is 0 Å². The summed E-state index contributed by atoms with van der Waals surface area (Å²) in [7, 11) is 0. The molecule has 0 amide bonds. The van der Waals surface area contributed by atoms with Gasteiger partial charge in [0.15, 0.2) is 6.29 Å². The van der Waals surface area contributed by atoms with Gasteiger partial charge in [0.1, 0.15) is 11.4 Å². The zero-order valence-electron chi connectivity index (χ0n) is 8.83. The van der Waals surface area contributed by atoms with E-state index in [1.54, 1.807) is 18.2 Å². The van der Waals surface area contributed by atoms with Crippen molar-refractivity contribution in [3.63, 3.8) is 0 Å². The molecule has 0 spiro atoms. The highest BCUT2D eigenvalue weighted by molar-refractivity contribution is 5.82. The van der Waals surface area contributed by atoms with E-state index >= 15 is 0 Å². The molecular weight excluding hydrogens is 216 g/mol. The number of hydrogen-bond acceptors (Lipinski definition) is 3. The summed E-state index contributed by atoms with van der Waals surface area (Å²) in [5.41, 5.74) is 0.314. The quantitative estimate of drug-likeness (QED) is 0.593. The molecule has 4 heteroatoms. The second-order valence-electron chi connectivity index (χ2n) is 3.20. The lowest BCUT2D eigenvalue weighted by Crippen LogP contribution is -1.92. The molecule has 0 N–H and O–H groups in total. The Morgan fingerprint density at radius 3 is 2.59 bits per heavy atom. The maximum absolute atomic E-state index is 10.7. The number of carbonyl (C=O) groups excluding carboxylic acids is 1. The molecular formula is C13H8N2O2. The number of rotatable bonds is 3. The van der Waals surface area contributed by atoms with Crippen molar-refractivity contribution < 1.29 is 9.53 Å². The lowest BCUT2D eigenvalue weighted by molar-refractivity contribution is 0.111. The first-order valence-corrected chi connectivity index (χ1v) is 4.90. The second kappa shape index (κ2) is 4.90. The van der Waals surface area contributed by atoms with Crippen LogP contribution in [0.1, 0.15) is 10.5 Å². The Morgan fingerprint density at radius 2 is 1.94 bits per heavy atom. The third-order valence-corrected chi connectivity index (χ3v) is 2.07. The lowest BCUT2D eigenvalue weighted by atomic mass is 10.3. The number of carbonyl (C=O) groups is 1. The zero-order valence-corrected chi connectivity index (χ0v) is 8.83. The Balaban J connectivity index is 2.29. The highest BCUT2D eigenvalue weighted by atomic mass is 16.5. The molecule has 82 valence electrons. The van der Waals surface area contributed by atoms with Gasteiger partial charge in [-0.3, -0.25) is 4.79 Å². The number of nitrogens with zero attached hydrogens (tertiary/aromatic N) is 2. The maximum atomic E-state index is 10.7. The van der Waals surface area contributed by atoms with E-state index in [0.717, 1.165) is 0 Å². The zero-order chi connectivity index (χ0) is 12.1. The first-order chi connectivity index (χ1) is 8.33. The van der Waals surface area contributed by atoms with Gasteiger partial charge in [-0.2, -0.15) is 0 Å². The molecule has 1 aromatic heterocycles. The van der Waals surface area contributed by atoms with Gasteiger partial charge in [0.25, 0.3) is 0 Å². The first kappa shape index (κ1) is 10.8. The maximum Gasteiger partial charge on any atom is 0.217 e. The van der Waals surface area contributed by atoms with E-state index in [4.69, 9.17) is 11.3 Å². The second-order valence-corrected chi connectivity index (χ2v) is 3.20. The Labute approximate surface area is 98.3 Å². The molecule has 2 aromatic rings. The largest absolute Gasteiger partial charge is 0.439 e. The molecule has 0 aliphatic carbocycles. The Morgan fingerprint density at radius 1 is 1.18 bits per heavy atom. The van der Waals surface area contributed by atoms with Crippen LogP contribution in [0.25, 0.3) is 4.85 Å². The minimum absolute atomic E-state index is 0.0911. The van der Waals surface area contributed by atoms with Crippen LogP contribution in [0.2, 0.25) is 0 Å². The third-order valence-electron chi connectivity index (χ3n) is 2.07. The highest BCUT2D eigenvalue weighted by Gasteiger charge is 2.05. The molecule has 0 saturated heterocycles.